The van der Waals surface area contributed by atoms with Crippen LogP contribution in [0.4, 0.5) is 0 Å². The van der Waals surface area contributed by atoms with Crippen LogP contribution in [-0.4, -0.2) is 6.29 Å². The van der Waals surface area contributed by atoms with Crippen LogP contribution in [0.15, 0.2) is 12.3 Å². The molecule has 0 aromatic heterocycles. The van der Waals surface area contributed by atoms with E-state index in [1.165, 1.54) is 0 Å². The van der Waals surface area contributed by atoms with Gasteiger partial charge in [0, 0.05) is 5.41 Å². The summed E-state index contributed by atoms with van der Waals surface area (Å²) in [5.41, 5.74) is 5.38. The Morgan fingerprint density at radius 1 is 1.25 bits per heavy atom. The maximum Gasteiger partial charge on any atom is 0.125 e. The van der Waals surface area contributed by atoms with Crippen molar-refractivity contribution >= 4 is 6.29 Å². The molecule has 2 heteroatoms. The Bertz CT molecular complexity index is 212. The van der Waals surface area contributed by atoms with Gasteiger partial charge in [-0.15, -0.1) is 0 Å². The Kier molecular flexibility index (Phi) is 2.27. The van der Waals surface area contributed by atoms with Gasteiger partial charge in [-0.2, -0.15) is 0 Å². The number of rotatable bonds is 2. The highest BCUT2D eigenvalue weighted by molar-refractivity contribution is 5.59. The third kappa shape index (κ3) is 1.68. The summed E-state index contributed by atoms with van der Waals surface area (Å²) in [5, 5.41) is 0. The van der Waals surface area contributed by atoms with Gasteiger partial charge in [0.2, 0.25) is 0 Å². The first-order valence-electron chi connectivity index (χ1n) is 4.39. The van der Waals surface area contributed by atoms with E-state index in [-0.39, 0.29) is 10.8 Å². The van der Waals surface area contributed by atoms with E-state index in [2.05, 4.69) is 6.92 Å². The molecule has 0 bridgehead atoms. The third-order valence-corrected chi connectivity index (χ3v) is 2.86. The summed E-state index contributed by atoms with van der Waals surface area (Å²) < 4.78 is 0. The summed E-state index contributed by atoms with van der Waals surface area (Å²) in [7, 11) is 0. The predicted octanol–water partition coefficient (Wildman–Crippen LogP) is 1.85. The minimum absolute atomic E-state index is 0.117. The van der Waals surface area contributed by atoms with Crippen molar-refractivity contribution in [2.24, 2.45) is 16.6 Å². The van der Waals surface area contributed by atoms with E-state index >= 15 is 0 Å². The van der Waals surface area contributed by atoms with E-state index in [0.717, 1.165) is 25.5 Å². The molecule has 0 spiro atoms. The first kappa shape index (κ1) is 9.30. The molecule has 1 rings (SSSR count). The predicted molar refractivity (Wildman–Crippen MR) is 49.5 cm³/mol. The molecule has 0 heterocycles. The molecule has 0 aliphatic heterocycles. The van der Waals surface area contributed by atoms with Crippen molar-refractivity contribution in [1.82, 2.24) is 0 Å². The van der Waals surface area contributed by atoms with Gasteiger partial charge in [-0.05, 0) is 30.9 Å². The Hall–Kier alpha value is -0.790. The normalized spacial score (nSPS) is 42.2. The fraction of sp³-hybridized carbons (Fsp3) is 0.700. The fourth-order valence-electron chi connectivity index (χ4n) is 2.15. The van der Waals surface area contributed by atoms with E-state index in [4.69, 9.17) is 5.73 Å². The standard InChI is InChI=1S/C10H17NO/c1-9(5-6-11)3-4-10(2,7-9)8-12/h5-6,8H,3-4,7,11H2,1-2H3/b6-5+. The topological polar surface area (TPSA) is 43.1 Å². The summed E-state index contributed by atoms with van der Waals surface area (Å²) in [6.45, 7) is 4.18. The van der Waals surface area contributed by atoms with Crippen LogP contribution in [0.2, 0.25) is 0 Å². The Labute approximate surface area is 73.8 Å². The molecule has 0 aromatic carbocycles. The molecule has 0 radical (unpaired) electrons. The largest absolute Gasteiger partial charge is 0.405 e. The second-order valence-corrected chi connectivity index (χ2v) is 4.46. The Morgan fingerprint density at radius 3 is 2.25 bits per heavy atom. The minimum Gasteiger partial charge on any atom is -0.405 e. The lowest BCUT2D eigenvalue weighted by molar-refractivity contribution is -0.115. The summed E-state index contributed by atoms with van der Waals surface area (Å²) in [4.78, 5) is 10.8. The average Bonchev–Trinajstić information content (AvgIpc) is 2.30. The van der Waals surface area contributed by atoms with E-state index in [9.17, 15) is 4.79 Å². The summed E-state index contributed by atoms with van der Waals surface area (Å²) in [6, 6.07) is 0. The maximum atomic E-state index is 10.8. The van der Waals surface area contributed by atoms with Crippen LogP contribution >= 0.6 is 0 Å². The van der Waals surface area contributed by atoms with Crippen molar-refractivity contribution in [2.75, 3.05) is 0 Å². The van der Waals surface area contributed by atoms with Crippen LogP contribution in [0.5, 0.6) is 0 Å². The highest BCUT2D eigenvalue weighted by Gasteiger charge is 2.40. The van der Waals surface area contributed by atoms with E-state index in [1.54, 1.807) is 6.20 Å². The molecule has 2 unspecified atom stereocenters. The first-order chi connectivity index (χ1) is 5.54. The van der Waals surface area contributed by atoms with Crippen molar-refractivity contribution < 1.29 is 4.79 Å². The first-order valence-corrected chi connectivity index (χ1v) is 4.39. The smallest absolute Gasteiger partial charge is 0.125 e. The molecular weight excluding hydrogens is 150 g/mol. The van der Waals surface area contributed by atoms with Crippen LogP contribution in [0.25, 0.3) is 0 Å². The molecular formula is C10H17NO. The highest BCUT2D eigenvalue weighted by atomic mass is 16.1. The number of nitrogens with two attached hydrogens (primary N) is 1. The van der Waals surface area contributed by atoms with Gasteiger partial charge in [0.15, 0.2) is 0 Å². The molecule has 68 valence electrons. The summed E-state index contributed by atoms with van der Waals surface area (Å²) in [5.74, 6) is 0. The van der Waals surface area contributed by atoms with E-state index < -0.39 is 0 Å². The van der Waals surface area contributed by atoms with Gasteiger partial charge >= 0.3 is 0 Å². The van der Waals surface area contributed by atoms with Gasteiger partial charge in [-0.1, -0.05) is 19.9 Å². The van der Waals surface area contributed by atoms with Crippen molar-refractivity contribution in [2.45, 2.75) is 33.1 Å². The lowest BCUT2D eigenvalue weighted by atomic mass is 9.83. The lowest BCUT2D eigenvalue weighted by Gasteiger charge is -2.21. The third-order valence-electron chi connectivity index (χ3n) is 2.86. The van der Waals surface area contributed by atoms with Gasteiger partial charge in [-0.3, -0.25) is 0 Å². The van der Waals surface area contributed by atoms with E-state index in [1.807, 2.05) is 13.0 Å². The second-order valence-electron chi connectivity index (χ2n) is 4.46. The number of allylic oxidation sites excluding steroid dienone is 1. The number of carbonyl (C=O) groups is 1. The quantitative estimate of drug-likeness (QED) is 0.638. The number of hydrogen-bond donors (Lipinski definition) is 1. The van der Waals surface area contributed by atoms with E-state index in [0.29, 0.717) is 0 Å². The fourth-order valence-corrected chi connectivity index (χ4v) is 2.15. The highest BCUT2D eigenvalue weighted by Crippen LogP contribution is 2.48. The zero-order chi connectivity index (χ0) is 9.24. The van der Waals surface area contributed by atoms with Gasteiger partial charge in [0.05, 0.1) is 0 Å². The maximum absolute atomic E-state index is 10.8. The van der Waals surface area contributed by atoms with Crippen LogP contribution < -0.4 is 5.73 Å². The SMILES string of the molecule is CC1(C=O)CCC(C)(/C=C/N)C1. The molecule has 2 nitrogen and oxygen atoms in total. The Balaban J connectivity index is 2.72. The zero-order valence-corrected chi connectivity index (χ0v) is 7.84. The van der Waals surface area contributed by atoms with Crippen molar-refractivity contribution in [3.8, 4) is 0 Å². The molecule has 0 aromatic rings. The van der Waals surface area contributed by atoms with Gasteiger partial charge in [-0.25, -0.2) is 0 Å². The van der Waals surface area contributed by atoms with Gasteiger partial charge in [0.1, 0.15) is 6.29 Å². The molecule has 0 saturated heterocycles. The summed E-state index contributed by atoms with van der Waals surface area (Å²) >= 11 is 0. The molecule has 2 N–H and O–H groups in total. The molecule has 1 saturated carbocycles. The van der Waals surface area contributed by atoms with Crippen LogP contribution in [-0.2, 0) is 4.79 Å². The molecule has 0 amide bonds. The van der Waals surface area contributed by atoms with Gasteiger partial charge in [0.25, 0.3) is 0 Å². The molecule has 1 aliphatic carbocycles. The zero-order valence-electron chi connectivity index (χ0n) is 7.84. The minimum atomic E-state index is -0.117. The Morgan fingerprint density at radius 2 is 1.83 bits per heavy atom. The van der Waals surface area contributed by atoms with Crippen molar-refractivity contribution in [3.63, 3.8) is 0 Å². The molecule has 2 atom stereocenters. The van der Waals surface area contributed by atoms with Crippen LogP contribution in [0.1, 0.15) is 33.1 Å². The monoisotopic (exact) mass is 167 g/mol. The van der Waals surface area contributed by atoms with Crippen molar-refractivity contribution in [3.05, 3.63) is 12.3 Å². The molecule has 1 aliphatic rings. The van der Waals surface area contributed by atoms with Crippen LogP contribution in [0, 0.1) is 10.8 Å². The number of aldehydes is 1. The number of carbonyl (C=O) groups excluding carboxylic acids is 1. The number of hydrogen-bond acceptors (Lipinski definition) is 2. The molecule has 1 fully saturated rings. The molecule has 12 heavy (non-hydrogen) atoms. The van der Waals surface area contributed by atoms with Gasteiger partial charge < -0.3 is 10.5 Å². The second kappa shape index (κ2) is 2.92. The van der Waals surface area contributed by atoms with Crippen LogP contribution in [0.3, 0.4) is 0 Å². The summed E-state index contributed by atoms with van der Waals surface area (Å²) in [6.07, 6.45) is 7.67. The lowest BCUT2D eigenvalue weighted by Crippen LogP contribution is -2.16. The van der Waals surface area contributed by atoms with Crippen molar-refractivity contribution in [1.29, 1.82) is 0 Å². The average molecular weight is 167 g/mol.